The minimum absolute atomic E-state index is 0.0695. The molecule has 0 unspecified atom stereocenters. The standard InChI is InChI=1S/C24H19FN4O6/c25-16-6-2-3-7-17(16)27-11-13-28(14-12-27)24(31)22-21(15-5-1-4-8-18(15)35-22)26-23(30)19-9-10-20(34-19)29(32)33/h1-10H,11-14H2,(H,26,30). The summed E-state index contributed by atoms with van der Waals surface area (Å²) < 4.78 is 24.9. The number of para-hydroxylation sites is 2. The maximum absolute atomic E-state index is 14.2. The molecule has 1 N–H and O–H groups in total. The predicted molar refractivity (Wildman–Crippen MR) is 124 cm³/mol. The van der Waals surface area contributed by atoms with Crippen molar-refractivity contribution in [3.63, 3.8) is 0 Å². The smallest absolute Gasteiger partial charge is 0.433 e. The molecule has 0 aliphatic carbocycles. The number of furan rings is 2. The molecule has 4 aromatic rings. The lowest BCUT2D eigenvalue weighted by Crippen LogP contribution is -2.49. The van der Waals surface area contributed by atoms with Crippen LogP contribution >= 0.6 is 0 Å². The zero-order valence-corrected chi connectivity index (χ0v) is 18.3. The van der Waals surface area contributed by atoms with E-state index in [1.54, 1.807) is 47.4 Å². The molecule has 1 fully saturated rings. The van der Waals surface area contributed by atoms with Gasteiger partial charge < -0.3 is 24.0 Å². The lowest BCUT2D eigenvalue weighted by molar-refractivity contribution is -0.402. The monoisotopic (exact) mass is 478 g/mol. The quantitative estimate of drug-likeness (QED) is 0.335. The predicted octanol–water partition coefficient (Wildman–Crippen LogP) is 4.29. The van der Waals surface area contributed by atoms with E-state index in [9.17, 15) is 24.1 Å². The van der Waals surface area contributed by atoms with Gasteiger partial charge in [-0.05, 0) is 30.3 Å². The fraction of sp³-hybridized carbons (Fsp3) is 0.167. The number of carbonyl (C=O) groups excluding carboxylic acids is 2. The van der Waals surface area contributed by atoms with E-state index in [0.717, 1.165) is 6.07 Å². The van der Waals surface area contributed by atoms with Gasteiger partial charge in [-0.3, -0.25) is 19.7 Å². The van der Waals surface area contributed by atoms with Gasteiger partial charge in [0.1, 0.15) is 22.0 Å². The summed E-state index contributed by atoms with van der Waals surface area (Å²) in [5, 5.41) is 14.0. The lowest BCUT2D eigenvalue weighted by atomic mass is 10.2. The Hall–Kier alpha value is -4.67. The van der Waals surface area contributed by atoms with Crippen molar-refractivity contribution >= 4 is 40.0 Å². The molecule has 35 heavy (non-hydrogen) atoms. The second kappa shape index (κ2) is 8.93. The van der Waals surface area contributed by atoms with Crippen molar-refractivity contribution in [2.75, 3.05) is 36.4 Å². The van der Waals surface area contributed by atoms with Gasteiger partial charge in [0.05, 0.1) is 11.8 Å². The molecule has 0 spiro atoms. The minimum atomic E-state index is -0.761. The Morgan fingerprint density at radius 3 is 2.37 bits per heavy atom. The molecule has 2 aromatic carbocycles. The van der Waals surface area contributed by atoms with Crippen molar-refractivity contribution in [3.05, 3.63) is 88.1 Å². The number of carbonyl (C=O) groups is 2. The number of nitrogens with zero attached hydrogens (tertiary/aromatic N) is 3. The van der Waals surface area contributed by atoms with Crippen molar-refractivity contribution in [1.82, 2.24) is 4.90 Å². The number of halogens is 1. The Kier molecular flexibility index (Phi) is 5.65. The highest BCUT2D eigenvalue weighted by atomic mass is 19.1. The Bertz CT molecular complexity index is 1440. The van der Waals surface area contributed by atoms with Crippen molar-refractivity contribution in [1.29, 1.82) is 0 Å². The van der Waals surface area contributed by atoms with Crippen LogP contribution < -0.4 is 10.2 Å². The van der Waals surface area contributed by atoms with Crippen molar-refractivity contribution in [2.24, 2.45) is 0 Å². The first-order valence-corrected chi connectivity index (χ1v) is 10.8. The van der Waals surface area contributed by atoms with Crippen LogP contribution in [0.1, 0.15) is 21.1 Å². The molecule has 10 nitrogen and oxygen atoms in total. The number of fused-ring (bicyclic) bond motifs is 1. The highest BCUT2D eigenvalue weighted by molar-refractivity contribution is 6.13. The number of hydrogen-bond acceptors (Lipinski definition) is 7. The van der Waals surface area contributed by atoms with Crippen molar-refractivity contribution < 1.29 is 27.7 Å². The molecule has 1 aliphatic rings. The van der Waals surface area contributed by atoms with Gasteiger partial charge in [0.25, 0.3) is 11.8 Å². The van der Waals surface area contributed by atoms with Crippen LogP contribution in [-0.4, -0.2) is 47.8 Å². The molecular formula is C24H19FN4O6. The van der Waals surface area contributed by atoms with Gasteiger partial charge in [0.15, 0.2) is 5.76 Å². The summed E-state index contributed by atoms with van der Waals surface area (Å²) in [4.78, 5) is 39.7. The number of benzene rings is 2. The van der Waals surface area contributed by atoms with Crippen LogP contribution in [0.4, 0.5) is 21.6 Å². The third kappa shape index (κ3) is 4.19. The van der Waals surface area contributed by atoms with Crippen LogP contribution in [0, 0.1) is 15.9 Å². The van der Waals surface area contributed by atoms with E-state index in [1.165, 1.54) is 12.1 Å². The van der Waals surface area contributed by atoms with E-state index in [1.807, 2.05) is 4.90 Å². The molecule has 1 saturated heterocycles. The molecule has 0 radical (unpaired) electrons. The molecule has 178 valence electrons. The molecule has 5 rings (SSSR count). The SMILES string of the molecule is O=C(Nc1c(C(=O)N2CCN(c3ccccc3F)CC2)oc2ccccc12)c1ccc([N+](=O)[O-])o1. The van der Waals surface area contributed by atoms with Crippen molar-refractivity contribution in [3.8, 4) is 0 Å². The topological polar surface area (TPSA) is 122 Å². The van der Waals surface area contributed by atoms with E-state index >= 15 is 0 Å². The Balaban J connectivity index is 1.39. The van der Waals surface area contributed by atoms with Gasteiger partial charge in [-0.1, -0.05) is 24.3 Å². The third-order valence-corrected chi connectivity index (χ3v) is 5.78. The van der Waals surface area contributed by atoms with Gasteiger partial charge in [0.2, 0.25) is 5.76 Å². The molecule has 1 aliphatic heterocycles. The van der Waals surface area contributed by atoms with Gasteiger partial charge in [-0.25, -0.2) is 4.39 Å². The summed E-state index contributed by atoms with van der Waals surface area (Å²) in [6, 6.07) is 15.5. The molecule has 0 bridgehead atoms. The van der Waals surface area contributed by atoms with Gasteiger partial charge in [0, 0.05) is 31.6 Å². The Morgan fingerprint density at radius 2 is 1.66 bits per heavy atom. The van der Waals surface area contributed by atoms with Crippen LogP contribution in [0.15, 0.2) is 69.5 Å². The molecule has 2 amide bonds. The molecule has 0 saturated carbocycles. The first kappa shape index (κ1) is 22.1. The number of piperazine rings is 1. The van der Waals surface area contributed by atoms with Crippen LogP contribution in [0.25, 0.3) is 11.0 Å². The fourth-order valence-corrected chi connectivity index (χ4v) is 4.05. The van der Waals surface area contributed by atoms with Crippen LogP contribution in [0.3, 0.4) is 0 Å². The average Bonchev–Trinajstić information content (AvgIpc) is 3.50. The number of hydrogen-bond donors (Lipinski definition) is 1. The maximum Gasteiger partial charge on any atom is 0.433 e. The second-order valence-electron chi connectivity index (χ2n) is 7.88. The number of anilines is 2. The minimum Gasteiger partial charge on any atom is -0.449 e. The number of nitrogens with one attached hydrogen (secondary N) is 1. The summed E-state index contributed by atoms with van der Waals surface area (Å²) in [5.41, 5.74) is 1.01. The summed E-state index contributed by atoms with van der Waals surface area (Å²) >= 11 is 0. The first-order chi connectivity index (χ1) is 16.9. The highest BCUT2D eigenvalue weighted by Crippen LogP contribution is 2.33. The Morgan fingerprint density at radius 1 is 0.943 bits per heavy atom. The average molecular weight is 478 g/mol. The van der Waals surface area contributed by atoms with Gasteiger partial charge >= 0.3 is 5.88 Å². The van der Waals surface area contributed by atoms with E-state index in [4.69, 9.17) is 8.83 Å². The van der Waals surface area contributed by atoms with E-state index in [-0.39, 0.29) is 23.0 Å². The zero-order valence-electron chi connectivity index (χ0n) is 18.3. The summed E-state index contributed by atoms with van der Waals surface area (Å²) in [7, 11) is 0. The van der Waals surface area contributed by atoms with E-state index in [0.29, 0.717) is 42.8 Å². The van der Waals surface area contributed by atoms with Gasteiger partial charge in [-0.15, -0.1) is 0 Å². The number of amides is 2. The van der Waals surface area contributed by atoms with Crippen LogP contribution in [-0.2, 0) is 0 Å². The maximum atomic E-state index is 14.2. The second-order valence-corrected chi connectivity index (χ2v) is 7.88. The van der Waals surface area contributed by atoms with Gasteiger partial charge in [-0.2, -0.15) is 0 Å². The lowest BCUT2D eigenvalue weighted by Gasteiger charge is -2.35. The van der Waals surface area contributed by atoms with Crippen LogP contribution in [0.2, 0.25) is 0 Å². The largest absolute Gasteiger partial charge is 0.449 e. The fourth-order valence-electron chi connectivity index (χ4n) is 4.05. The normalized spacial score (nSPS) is 13.7. The third-order valence-electron chi connectivity index (χ3n) is 5.78. The highest BCUT2D eigenvalue weighted by Gasteiger charge is 2.30. The molecule has 0 atom stereocenters. The van der Waals surface area contributed by atoms with E-state index < -0.39 is 22.6 Å². The first-order valence-electron chi connectivity index (χ1n) is 10.8. The summed E-state index contributed by atoms with van der Waals surface area (Å²) in [6.45, 7) is 1.49. The molecule has 2 aromatic heterocycles. The zero-order chi connectivity index (χ0) is 24.5. The number of rotatable bonds is 5. The van der Waals surface area contributed by atoms with E-state index in [2.05, 4.69) is 5.32 Å². The van der Waals surface area contributed by atoms with Crippen LogP contribution in [0.5, 0.6) is 0 Å². The molecule has 11 heteroatoms. The Labute approximate surface area is 197 Å². The molecule has 3 heterocycles. The summed E-state index contributed by atoms with van der Waals surface area (Å²) in [6.07, 6.45) is 0. The number of nitro groups is 1. The summed E-state index contributed by atoms with van der Waals surface area (Å²) in [5.74, 6) is -2.44. The molecular weight excluding hydrogens is 459 g/mol. The van der Waals surface area contributed by atoms with Crippen molar-refractivity contribution in [2.45, 2.75) is 0 Å².